The van der Waals surface area contributed by atoms with Crippen LogP contribution in [0.5, 0.6) is 5.75 Å². The molecule has 3 aromatic rings. The van der Waals surface area contributed by atoms with Gasteiger partial charge in [0.25, 0.3) is 0 Å². The smallest absolute Gasteiger partial charge is 0.123 e. The van der Waals surface area contributed by atoms with Crippen LogP contribution in [0, 0.1) is 17.8 Å². The van der Waals surface area contributed by atoms with Gasteiger partial charge in [-0.1, -0.05) is 85.3 Å². The Bertz CT molecular complexity index is 1030. The van der Waals surface area contributed by atoms with Gasteiger partial charge in [-0.25, -0.2) is 0 Å². The van der Waals surface area contributed by atoms with Crippen LogP contribution in [-0.4, -0.2) is 37.2 Å². The fourth-order valence-electron chi connectivity index (χ4n) is 7.46. The topological polar surface area (TPSA) is 24.5 Å². The van der Waals surface area contributed by atoms with Crippen molar-refractivity contribution in [3.8, 4) is 5.75 Å². The summed E-state index contributed by atoms with van der Waals surface area (Å²) < 4.78 is 5.68. The normalized spacial score (nSPS) is 29.8. The third kappa shape index (κ3) is 3.95. The molecule has 34 heavy (non-hydrogen) atoms. The van der Waals surface area contributed by atoms with Crippen molar-refractivity contribution in [3.05, 3.63) is 102 Å². The molecule has 3 heteroatoms. The van der Waals surface area contributed by atoms with E-state index in [-0.39, 0.29) is 0 Å². The van der Waals surface area contributed by atoms with Crippen molar-refractivity contribution >= 4 is 0 Å². The van der Waals surface area contributed by atoms with Gasteiger partial charge in [-0.3, -0.25) is 4.90 Å². The molecule has 176 valence electrons. The largest absolute Gasteiger partial charge is 0.496 e. The summed E-state index contributed by atoms with van der Waals surface area (Å²) in [7, 11) is 1.78. The van der Waals surface area contributed by atoms with Crippen LogP contribution in [0.15, 0.2) is 84.9 Å². The fourth-order valence-corrected chi connectivity index (χ4v) is 7.46. The lowest BCUT2D eigenvalue weighted by atomic mass is 9.58. The van der Waals surface area contributed by atoms with E-state index in [1.54, 1.807) is 7.11 Å². The average Bonchev–Trinajstić information content (AvgIpc) is 2.89. The van der Waals surface area contributed by atoms with Gasteiger partial charge < -0.3 is 10.1 Å². The maximum atomic E-state index is 5.68. The second kappa shape index (κ2) is 9.56. The van der Waals surface area contributed by atoms with Gasteiger partial charge in [0.2, 0.25) is 0 Å². The second-order valence-electron chi connectivity index (χ2n) is 10.5. The molecule has 4 atom stereocenters. The minimum Gasteiger partial charge on any atom is -0.496 e. The summed E-state index contributed by atoms with van der Waals surface area (Å²) in [5.74, 6) is 3.75. The van der Waals surface area contributed by atoms with Crippen LogP contribution < -0.4 is 10.1 Å². The van der Waals surface area contributed by atoms with Crippen LogP contribution in [0.1, 0.15) is 41.9 Å². The Kier molecular flexibility index (Phi) is 6.15. The zero-order valence-corrected chi connectivity index (χ0v) is 20.1. The Morgan fingerprint density at radius 3 is 2.03 bits per heavy atom. The van der Waals surface area contributed by atoms with E-state index in [4.69, 9.17) is 4.74 Å². The Morgan fingerprint density at radius 1 is 0.824 bits per heavy atom. The molecule has 1 aliphatic carbocycles. The predicted octanol–water partition coefficient (Wildman–Crippen LogP) is 5.72. The van der Waals surface area contributed by atoms with Crippen LogP contribution in [0.3, 0.4) is 0 Å². The molecule has 3 saturated heterocycles. The maximum absolute atomic E-state index is 5.68. The molecule has 0 amide bonds. The second-order valence-corrected chi connectivity index (χ2v) is 10.5. The summed E-state index contributed by atoms with van der Waals surface area (Å²) >= 11 is 0. The fraction of sp³-hybridized carbons (Fsp3) is 0.419. The number of fused-ring (bicyclic) bond motifs is 1. The number of piperidine rings is 3. The van der Waals surface area contributed by atoms with Crippen molar-refractivity contribution < 1.29 is 4.74 Å². The van der Waals surface area contributed by atoms with Crippen LogP contribution >= 0.6 is 0 Å². The van der Waals surface area contributed by atoms with Gasteiger partial charge in [0, 0.05) is 43.2 Å². The summed E-state index contributed by atoms with van der Waals surface area (Å²) in [4.78, 5) is 2.86. The standard InChI is InChI=1S/C31H36N2O/c1-34-27-18-9-8-15-24(27)19-32-30-28-25-16-10-17-26(28)21-33(20-25)31(30)29(22-11-4-2-5-12-22)23-13-6-3-7-14-23/h2-9,11-15,18,25-26,28-32H,10,16-17,19-21H2,1H3. The van der Waals surface area contributed by atoms with E-state index in [1.807, 2.05) is 0 Å². The molecule has 4 unspecified atom stereocenters. The molecule has 1 saturated carbocycles. The molecule has 0 spiro atoms. The molecule has 3 aromatic carbocycles. The van der Waals surface area contributed by atoms with Crippen LogP contribution in [0.25, 0.3) is 0 Å². The first-order valence-corrected chi connectivity index (χ1v) is 13.0. The van der Waals surface area contributed by atoms with E-state index < -0.39 is 0 Å². The molecule has 7 rings (SSSR count). The molecule has 3 aliphatic heterocycles. The van der Waals surface area contributed by atoms with E-state index in [1.165, 1.54) is 49.0 Å². The molecular weight excluding hydrogens is 416 g/mol. The Hall–Kier alpha value is -2.62. The summed E-state index contributed by atoms with van der Waals surface area (Å²) in [5, 5.41) is 4.12. The number of methoxy groups -OCH3 is 1. The predicted molar refractivity (Wildman–Crippen MR) is 138 cm³/mol. The Labute approximate surface area is 204 Å². The van der Waals surface area contributed by atoms with E-state index in [0.29, 0.717) is 18.0 Å². The molecule has 0 aromatic heterocycles. The highest BCUT2D eigenvalue weighted by molar-refractivity contribution is 5.37. The number of nitrogens with one attached hydrogen (secondary N) is 1. The van der Waals surface area contributed by atoms with Gasteiger partial charge in [0.05, 0.1) is 7.11 Å². The SMILES string of the molecule is COc1ccccc1CNC1C2C3CCCC2CN(C3)C1C(c1ccccc1)c1ccccc1. The summed E-state index contributed by atoms with van der Waals surface area (Å²) in [5.41, 5.74) is 4.11. The van der Waals surface area contributed by atoms with Gasteiger partial charge in [0.15, 0.2) is 0 Å². The molecule has 0 radical (unpaired) electrons. The number of hydrogen-bond donors (Lipinski definition) is 1. The number of hydrogen-bond acceptors (Lipinski definition) is 3. The lowest BCUT2D eigenvalue weighted by Crippen LogP contribution is -2.71. The third-order valence-corrected chi connectivity index (χ3v) is 8.76. The number of benzene rings is 3. The highest BCUT2D eigenvalue weighted by Gasteiger charge is 2.55. The molecule has 4 aliphatic rings. The van der Waals surface area contributed by atoms with Gasteiger partial charge >= 0.3 is 0 Å². The van der Waals surface area contributed by atoms with Gasteiger partial charge in [-0.15, -0.1) is 0 Å². The molecule has 4 fully saturated rings. The van der Waals surface area contributed by atoms with Gasteiger partial charge in [-0.05, 0) is 47.8 Å². The minimum atomic E-state index is 0.362. The third-order valence-electron chi connectivity index (χ3n) is 8.76. The monoisotopic (exact) mass is 452 g/mol. The highest BCUT2D eigenvalue weighted by Crippen LogP contribution is 2.51. The zero-order valence-electron chi connectivity index (χ0n) is 20.1. The number of ether oxygens (including phenoxy) is 1. The van der Waals surface area contributed by atoms with E-state index >= 15 is 0 Å². The lowest BCUT2D eigenvalue weighted by Gasteiger charge is -2.62. The average molecular weight is 453 g/mol. The van der Waals surface area contributed by atoms with E-state index in [0.717, 1.165) is 30.0 Å². The number of nitrogens with zero attached hydrogens (tertiary/aromatic N) is 1. The molecule has 3 heterocycles. The van der Waals surface area contributed by atoms with E-state index in [2.05, 4.69) is 95.1 Å². The highest BCUT2D eigenvalue weighted by atomic mass is 16.5. The van der Waals surface area contributed by atoms with Crippen molar-refractivity contribution in [1.82, 2.24) is 10.2 Å². The number of para-hydroxylation sites is 1. The lowest BCUT2D eigenvalue weighted by molar-refractivity contribution is -0.0976. The van der Waals surface area contributed by atoms with Gasteiger partial charge in [0.1, 0.15) is 5.75 Å². The van der Waals surface area contributed by atoms with Crippen LogP contribution in [0.2, 0.25) is 0 Å². The zero-order chi connectivity index (χ0) is 22.9. The minimum absolute atomic E-state index is 0.362. The quantitative estimate of drug-likeness (QED) is 0.496. The van der Waals surface area contributed by atoms with E-state index in [9.17, 15) is 0 Å². The first-order valence-electron chi connectivity index (χ1n) is 13.0. The van der Waals surface area contributed by atoms with Gasteiger partial charge in [-0.2, -0.15) is 0 Å². The van der Waals surface area contributed by atoms with Crippen LogP contribution in [0.4, 0.5) is 0 Å². The first kappa shape index (κ1) is 21.9. The van der Waals surface area contributed by atoms with Crippen molar-refractivity contribution in [1.29, 1.82) is 0 Å². The summed E-state index contributed by atoms with van der Waals surface area (Å²) in [6.07, 6.45) is 4.18. The van der Waals surface area contributed by atoms with Crippen molar-refractivity contribution in [2.24, 2.45) is 17.8 Å². The molecular formula is C31H36N2O. The molecule has 4 bridgehead atoms. The Balaban J connectivity index is 1.39. The summed E-state index contributed by atoms with van der Waals surface area (Å²) in [6, 6.07) is 31.8. The van der Waals surface area contributed by atoms with Crippen LogP contribution in [-0.2, 0) is 6.54 Å². The maximum Gasteiger partial charge on any atom is 0.123 e. The van der Waals surface area contributed by atoms with Crippen molar-refractivity contribution in [3.63, 3.8) is 0 Å². The molecule has 3 nitrogen and oxygen atoms in total. The molecule has 1 N–H and O–H groups in total. The van der Waals surface area contributed by atoms with Crippen molar-refractivity contribution in [2.45, 2.75) is 43.8 Å². The van der Waals surface area contributed by atoms with Crippen molar-refractivity contribution in [2.75, 3.05) is 20.2 Å². The number of rotatable bonds is 7. The Morgan fingerprint density at radius 2 is 1.41 bits per heavy atom. The summed E-state index contributed by atoms with van der Waals surface area (Å²) in [6.45, 7) is 3.37. The first-order chi connectivity index (χ1) is 16.8.